The third-order valence-electron chi connectivity index (χ3n) is 4.77. The van der Waals surface area contributed by atoms with Gasteiger partial charge in [-0.25, -0.2) is 18.4 Å². The van der Waals surface area contributed by atoms with E-state index in [1.807, 2.05) is 6.92 Å². The molecule has 9 heteroatoms. The number of sulfone groups is 1. The summed E-state index contributed by atoms with van der Waals surface area (Å²) in [6, 6.07) is 6.12. The Kier molecular flexibility index (Phi) is 5.99. The van der Waals surface area contributed by atoms with Gasteiger partial charge in [-0.1, -0.05) is 19.1 Å². The maximum absolute atomic E-state index is 12.5. The molecule has 1 atom stereocenters. The second-order valence-electron chi connectivity index (χ2n) is 7.03. The molecule has 0 aliphatic carbocycles. The Morgan fingerprint density at radius 3 is 2.52 bits per heavy atom. The van der Waals surface area contributed by atoms with E-state index in [1.54, 1.807) is 44.3 Å². The van der Waals surface area contributed by atoms with Crippen LogP contribution >= 0.6 is 0 Å². The van der Waals surface area contributed by atoms with Crippen molar-refractivity contribution in [2.24, 2.45) is 0 Å². The summed E-state index contributed by atoms with van der Waals surface area (Å²) in [6.45, 7) is 5.01. The summed E-state index contributed by atoms with van der Waals surface area (Å²) >= 11 is 0. The summed E-state index contributed by atoms with van der Waals surface area (Å²) in [5.41, 5.74) is 2.42. The quantitative estimate of drug-likeness (QED) is 0.543. The number of nitrogens with zero attached hydrogens (tertiary/aromatic N) is 2. The van der Waals surface area contributed by atoms with Gasteiger partial charge >= 0.3 is 0 Å². The van der Waals surface area contributed by atoms with Crippen molar-refractivity contribution in [2.75, 3.05) is 6.61 Å². The molecule has 1 aromatic carbocycles. The zero-order valence-corrected chi connectivity index (χ0v) is 17.3. The van der Waals surface area contributed by atoms with E-state index in [9.17, 15) is 18.3 Å². The first kappa shape index (κ1) is 20.9. The van der Waals surface area contributed by atoms with E-state index in [-0.39, 0.29) is 23.5 Å². The lowest BCUT2D eigenvalue weighted by Gasteiger charge is -2.13. The molecule has 29 heavy (non-hydrogen) atoms. The van der Waals surface area contributed by atoms with Gasteiger partial charge in [-0.2, -0.15) is 0 Å². The number of benzene rings is 1. The first-order valence-corrected chi connectivity index (χ1v) is 10.9. The highest BCUT2D eigenvalue weighted by atomic mass is 32.2. The van der Waals surface area contributed by atoms with Gasteiger partial charge in [0.15, 0.2) is 15.5 Å². The average molecular weight is 417 g/mol. The van der Waals surface area contributed by atoms with Crippen molar-refractivity contribution >= 4 is 26.9 Å². The molecule has 3 N–H and O–H groups in total. The summed E-state index contributed by atoms with van der Waals surface area (Å²) in [5, 5.41) is 11.6. The zero-order valence-electron chi connectivity index (χ0n) is 16.5. The van der Waals surface area contributed by atoms with Crippen molar-refractivity contribution < 1.29 is 18.3 Å². The predicted molar refractivity (Wildman–Crippen MR) is 110 cm³/mol. The Morgan fingerprint density at radius 2 is 1.93 bits per heavy atom. The van der Waals surface area contributed by atoms with Gasteiger partial charge in [-0.05, 0) is 32.4 Å². The number of aromatic nitrogens is 3. The lowest BCUT2D eigenvalue weighted by atomic mass is 10.1. The maximum atomic E-state index is 12.5. The number of carbonyl (C=O) groups excluding carboxylic acids is 1. The van der Waals surface area contributed by atoms with Crippen LogP contribution in [0.2, 0.25) is 0 Å². The van der Waals surface area contributed by atoms with E-state index in [0.717, 1.165) is 0 Å². The van der Waals surface area contributed by atoms with Gasteiger partial charge in [-0.15, -0.1) is 0 Å². The summed E-state index contributed by atoms with van der Waals surface area (Å²) in [7, 11) is -3.35. The van der Waals surface area contributed by atoms with Crippen LogP contribution in [0, 0.1) is 0 Å². The maximum Gasteiger partial charge on any atom is 0.255 e. The van der Waals surface area contributed by atoms with Gasteiger partial charge in [0, 0.05) is 11.8 Å². The Bertz CT molecular complexity index is 1120. The molecule has 0 aliphatic heterocycles. The van der Waals surface area contributed by atoms with E-state index in [1.165, 1.54) is 6.20 Å². The minimum absolute atomic E-state index is 0.146. The number of hydrogen-bond donors (Lipinski definition) is 3. The van der Waals surface area contributed by atoms with E-state index in [2.05, 4.69) is 20.3 Å². The fraction of sp³-hybridized carbons (Fsp3) is 0.350. The van der Waals surface area contributed by atoms with E-state index in [0.29, 0.717) is 34.4 Å². The van der Waals surface area contributed by atoms with Crippen molar-refractivity contribution in [3.05, 3.63) is 42.2 Å². The van der Waals surface area contributed by atoms with Crippen LogP contribution in [0.5, 0.6) is 0 Å². The Morgan fingerprint density at radius 1 is 1.24 bits per heavy atom. The molecule has 0 radical (unpaired) electrons. The Labute approximate surface area is 169 Å². The molecule has 2 heterocycles. The number of amides is 1. The van der Waals surface area contributed by atoms with Crippen LogP contribution in [0.1, 0.15) is 37.6 Å². The molecular formula is C20H24N4O4S. The molecule has 0 saturated heterocycles. The van der Waals surface area contributed by atoms with Crippen LogP contribution in [-0.4, -0.2) is 52.3 Å². The summed E-state index contributed by atoms with van der Waals surface area (Å²) in [5.74, 6) is -0.345. The highest BCUT2D eigenvalue weighted by Crippen LogP contribution is 2.24. The number of fused-ring (bicyclic) bond motifs is 1. The number of aliphatic hydroxyl groups excluding tert-OH is 1. The van der Waals surface area contributed by atoms with Crippen LogP contribution in [0.15, 0.2) is 41.6 Å². The topological polar surface area (TPSA) is 125 Å². The van der Waals surface area contributed by atoms with E-state index in [4.69, 9.17) is 0 Å². The third kappa shape index (κ3) is 4.15. The number of aromatic amines is 1. The molecule has 0 unspecified atom stereocenters. The lowest BCUT2D eigenvalue weighted by Crippen LogP contribution is -2.36. The molecule has 8 nitrogen and oxygen atoms in total. The van der Waals surface area contributed by atoms with Gasteiger partial charge in [0.1, 0.15) is 5.52 Å². The number of carbonyl (C=O) groups is 1. The number of hydrogen-bond acceptors (Lipinski definition) is 6. The second-order valence-corrected chi connectivity index (χ2v) is 9.54. The monoisotopic (exact) mass is 416 g/mol. The van der Waals surface area contributed by atoms with E-state index >= 15 is 0 Å². The van der Waals surface area contributed by atoms with Gasteiger partial charge in [0.25, 0.3) is 5.91 Å². The normalized spacial score (nSPS) is 13.0. The molecule has 0 saturated carbocycles. The predicted octanol–water partition coefficient (Wildman–Crippen LogP) is 2.31. The van der Waals surface area contributed by atoms with Crippen molar-refractivity contribution in [2.45, 2.75) is 43.4 Å². The molecule has 2 aromatic heterocycles. The van der Waals surface area contributed by atoms with Crippen LogP contribution in [-0.2, 0) is 9.84 Å². The number of aliphatic hydroxyl groups is 1. The van der Waals surface area contributed by atoms with Crippen LogP contribution < -0.4 is 5.32 Å². The van der Waals surface area contributed by atoms with Crippen molar-refractivity contribution in [1.82, 2.24) is 20.3 Å². The fourth-order valence-corrected chi connectivity index (χ4v) is 3.89. The molecule has 0 bridgehead atoms. The SMILES string of the molecule is CC[C@H](CO)NC(=O)c1c[nH]c2ncc(-c3ccc(S(=O)(=O)C(C)C)cc3)nc12. The highest BCUT2D eigenvalue weighted by molar-refractivity contribution is 7.92. The summed E-state index contributed by atoms with van der Waals surface area (Å²) in [6.07, 6.45) is 3.70. The number of nitrogens with one attached hydrogen (secondary N) is 2. The van der Waals surface area contributed by atoms with Crippen molar-refractivity contribution in [3.63, 3.8) is 0 Å². The minimum Gasteiger partial charge on any atom is -0.394 e. The molecule has 154 valence electrons. The molecule has 3 aromatic rings. The summed E-state index contributed by atoms with van der Waals surface area (Å²) in [4.78, 5) is 24.6. The molecule has 0 fully saturated rings. The van der Waals surface area contributed by atoms with Crippen LogP contribution in [0.25, 0.3) is 22.4 Å². The minimum atomic E-state index is -3.35. The number of rotatable bonds is 7. The molecule has 0 spiro atoms. The standard InChI is InChI=1S/C20H24N4O4S/c1-4-14(11-25)23-20(26)16-9-21-19-18(16)24-17(10-22-19)13-5-7-15(8-6-13)29(27,28)12(2)3/h5-10,12,14,25H,4,11H2,1-3H3,(H,21,22)(H,23,26)/t14-/m1/s1. The fourth-order valence-electron chi connectivity index (χ4n) is 2.83. The van der Waals surface area contributed by atoms with Gasteiger partial charge < -0.3 is 15.4 Å². The summed E-state index contributed by atoms with van der Waals surface area (Å²) < 4.78 is 24.6. The van der Waals surface area contributed by atoms with Gasteiger partial charge in [-0.3, -0.25) is 4.79 Å². The first-order valence-electron chi connectivity index (χ1n) is 9.38. The zero-order chi connectivity index (χ0) is 21.2. The van der Waals surface area contributed by atoms with Gasteiger partial charge in [0.2, 0.25) is 0 Å². The molecule has 1 amide bonds. The average Bonchev–Trinajstić information content (AvgIpc) is 3.15. The Balaban J connectivity index is 1.95. The second kappa shape index (κ2) is 8.30. The number of H-pyrrole nitrogens is 1. The van der Waals surface area contributed by atoms with E-state index < -0.39 is 15.1 Å². The smallest absolute Gasteiger partial charge is 0.255 e. The van der Waals surface area contributed by atoms with Gasteiger partial charge in [0.05, 0.1) is 40.2 Å². The lowest BCUT2D eigenvalue weighted by molar-refractivity contribution is 0.0916. The molecule has 3 rings (SSSR count). The molecule has 0 aliphatic rings. The third-order valence-corrected chi connectivity index (χ3v) is 6.94. The molecular weight excluding hydrogens is 392 g/mol. The Hall–Kier alpha value is -2.78. The van der Waals surface area contributed by atoms with Crippen molar-refractivity contribution in [3.8, 4) is 11.3 Å². The van der Waals surface area contributed by atoms with Crippen LogP contribution in [0.3, 0.4) is 0 Å². The largest absolute Gasteiger partial charge is 0.394 e. The van der Waals surface area contributed by atoms with Crippen LogP contribution in [0.4, 0.5) is 0 Å². The first-order chi connectivity index (χ1) is 13.8. The highest BCUT2D eigenvalue weighted by Gasteiger charge is 2.20. The van der Waals surface area contributed by atoms with Crippen molar-refractivity contribution in [1.29, 1.82) is 0 Å².